The molecule has 1 aromatic carbocycles. The number of hydrogen-bond acceptors (Lipinski definition) is 3. The van der Waals surface area contributed by atoms with Crippen LogP contribution in [-0.2, 0) is 4.79 Å². The van der Waals surface area contributed by atoms with E-state index in [1.54, 1.807) is 25.3 Å². The van der Waals surface area contributed by atoms with E-state index in [4.69, 9.17) is 10.5 Å². The van der Waals surface area contributed by atoms with Gasteiger partial charge in [0.1, 0.15) is 5.75 Å². The van der Waals surface area contributed by atoms with E-state index in [0.717, 1.165) is 24.7 Å². The fourth-order valence-corrected chi connectivity index (χ4v) is 4.12. The summed E-state index contributed by atoms with van der Waals surface area (Å²) < 4.78 is 5.20. The molecule has 2 aliphatic carbocycles. The van der Waals surface area contributed by atoms with E-state index >= 15 is 0 Å². The van der Waals surface area contributed by atoms with Crippen LogP contribution in [0.4, 0.5) is 11.4 Å². The van der Waals surface area contributed by atoms with Crippen molar-refractivity contribution in [2.75, 3.05) is 18.2 Å². The van der Waals surface area contributed by atoms with Crippen LogP contribution in [0.3, 0.4) is 0 Å². The van der Waals surface area contributed by atoms with E-state index in [9.17, 15) is 4.79 Å². The molecule has 0 heterocycles. The Morgan fingerprint density at radius 2 is 1.95 bits per heavy atom. The summed E-state index contributed by atoms with van der Waals surface area (Å²) in [6.45, 7) is 0. The Kier molecular flexibility index (Phi) is 4.55. The highest BCUT2D eigenvalue weighted by molar-refractivity contribution is 5.95. The van der Waals surface area contributed by atoms with Crippen molar-refractivity contribution in [1.82, 2.24) is 0 Å². The van der Waals surface area contributed by atoms with Crippen molar-refractivity contribution >= 4 is 17.3 Å². The molecule has 120 valence electrons. The number of nitrogens with two attached hydrogens (primary N) is 1. The Hall–Kier alpha value is -1.71. The molecule has 0 bridgehead atoms. The first-order valence-electron chi connectivity index (χ1n) is 8.41. The summed E-state index contributed by atoms with van der Waals surface area (Å²) in [6, 6.07) is 5.37. The lowest BCUT2D eigenvalue weighted by Crippen LogP contribution is -2.34. The minimum atomic E-state index is 0.115. The fraction of sp³-hybridized carbons (Fsp3) is 0.611. The topological polar surface area (TPSA) is 64.3 Å². The van der Waals surface area contributed by atoms with Crippen molar-refractivity contribution in [3.05, 3.63) is 18.2 Å². The third-order valence-corrected chi connectivity index (χ3v) is 5.43. The van der Waals surface area contributed by atoms with Gasteiger partial charge < -0.3 is 15.8 Å². The predicted octanol–water partition coefficient (Wildman–Crippen LogP) is 3.82. The Balaban J connectivity index is 1.64. The quantitative estimate of drug-likeness (QED) is 0.834. The van der Waals surface area contributed by atoms with Gasteiger partial charge in [-0.25, -0.2) is 0 Å². The molecule has 3 N–H and O–H groups in total. The molecule has 0 aromatic heterocycles. The largest absolute Gasteiger partial charge is 0.497 e. The summed E-state index contributed by atoms with van der Waals surface area (Å²) in [5, 5.41) is 3.01. The van der Waals surface area contributed by atoms with E-state index in [2.05, 4.69) is 5.32 Å². The van der Waals surface area contributed by atoms with Crippen LogP contribution in [0.15, 0.2) is 18.2 Å². The maximum Gasteiger partial charge on any atom is 0.227 e. The Morgan fingerprint density at radius 1 is 1.18 bits per heavy atom. The van der Waals surface area contributed by atoms with Crippen molar-refractivity contribution in [2.24, 2.45) is 17.8 Å². The van der Waals surface area contributed by atoms with Crippen LogP contribution in [0.2, 0.25) is 0 Å². The van der Waals surface area contributed by atoms with Crippen LogP contribution in [0.25, 0.3) is 0 Å². The van der Waals surface area contributed by atoms with Crippen molar-refractivity contribution < 1.29 is 9.53 Å². The lowest BCUT2D eigenvalue weighted by Gasteiger charge is -2.38. The highest BCUT2D eigenvalue weighted by Gasteiger charge is 2.35. The van der Waals surface area contributed by atoms with E-state index in [1.165, 1.54) is 32.1 Å². The molecular weight excluding hydrogens is 276 g/mol. The number of carbonyl (C=O) groups is 1. The van der Waals surface area contributed by atoms with Crippen molar-refractivity contribution in [3.63, 3.8) is 0 Å². The number of benzene rings is 1. The molecule has 1 amide bonds. The van der Waals surface area contributed by atoms with Gasteiger partial charge >= 0.3 is 0 Å². The number of amides is 1. The maximum atomic E-state index is 12.6. The van der Waals surface area contributed by atoms with Gasteiger partial charge in [-0.3, -0.25) is 4.79 Å². The van der Waals surface area contributed by atoms with Crippen LogP contribution >= 0.6 is 0 Å². The predicted molar refractivity (Wildman–Crippen MR) is 88.8 cm³/mol. The molecule has 3 atom stereocenters. The number of rotatable bonds is 3. The van der Waals surface area contributed by atoms with Crippen LogP contribution in [-0.4, -0.2) is 13.0 Å². The highest BCUT2D eigenvalue weighted by Crippen LogP contribution is 2.43. The van der Waals surface area contributed by atoms with Gasteiger partial charge in [-0.1, -0.05) is 25.7 Å². The van der Waals surface area contributed by atoms with Crippen molar-refractivity contribution in [2.45, 2.75) is 44.9 Å². The van der Waals surface area contributed by atoms with Gasteiger partial charge in [0.05, 0.1) is 18.5 Å². The molecule has 3 rings (SSSR count). The zero-order valence-corrected chi connectivity index (χ0v) is 13.3. The van der Waals surface area contributed by atoms with Crippen molar-refractivity contribution in [1.29, 1.82) is 0 Å². The molecular formula is C18H26N2O2. The van der Waals surface area contributed by atoms with Crippen LogP contribution < -0.4 is 15.8 Å². The highest BCUT2D eigenvalue weighted by atomic mass is 16.5. The number of nitrogens with one attached hydrogen (secondary N) is 1. The summed E-state index contributed by atoms with van der Waals surface area (Å²) in [5.74, 6) is 2.56. The second-order valence-electron chi connectivity index (χ2n) is 6.76. The molecule has 2 fully saturated rings. The first-order chi connectivity index (χ1) is 10.7. The normalized spacial score (nSPS) is 27.8. The van der Waals surface area contributed by atoms with Crippen LogP contribution in [0.5, 0.6) is 5.75 Å². The van der Waals surface area contributed by atoms with Gasteiger partial charge in [0, 0.05) is 12.0 Å². The molecule has 0 saturated heterocycles. The maximum absolute atomic E-state index is 12.6. The average molecular weight is 302 g/mol. The third-order valence-electron chi connectivity index (χ3n) is 5.43. The standard InChI is InChI=1S/C18H26N2O2/c1-22-15-8-9-16(19)17(11-15)20-18(21)14-7-6-12-4-2-3-5-13(12)10-14/h8-9,11-14H,2-7,10,19H2,1H3,(H,20,21). The third kappa shape index (κ3) is 3.21. The summed E-state index contributed by atoms with van der Waals surface area (Å²) >= 11 is 0. The second-order valence-corrected chi connectivity index (χ2v) is 6.76. The number of carbonyl (C=O) groups excluding carboxylic acids is 1. The molecule has 4 nitrogen and oxygen atoms in total. The van der Waals surface area contributed by atoms with Gasteiger partial charge in [0.2, 0.25) is 5.91 Å². The summed E-state index contributed by atoms with van der Waals surface area (Å²) in [5.41, 5.74) is 7.20. The number of methoxy groups -OCH3 is 1. The molecule has 2 saturated carbocycles. The summed E-state index contributed by atoms with van der Waals surface area (Å²) in [4.78, 5) is 12.6. The van der Waals surface area contributed by atoms with E-state index in [1.807, 2.05) is 0 Å². The van der Waals surface area contributed by atoms with E-state index < -0.39 is 0 Å². The zero-order valence-electron chi connectivity index (χ0n) is 13.3. The SMILES string of the molecule is COc1ccc(N)c(NC(=O)C2CCC3CCCCC3C2)c1. The lowest BCUT2D eigenvalue weighted by atomic mass is 9.67. The average Bonchev–Trinajstić information content (AvgIpc) is 2.56. The molecule has 2 aliphatic rings. The van der Waals surface area contributed by atoms with Gasteiger partial charge in [-0.15, -0.1) is 0 Å². The van der Waals surface area contributed by atoms with Gasteiger partial charge in [-0.05, 0) is 43.2 Å². The second kappa shape index (κ2) is 6.59. The van der Waals surface area contributed by atoms with E-state index in [0.29, 0.717) is 17.1 Å². The summed E-state index contributed by atoms with van der Waals surface area (Å²) in [6.07, 6.45) is 8.63. The number of nitrogen functional groups attached to an aromatic ring is 1. The molecule has 1 aromatic rings. The number of ether oxygens (including phenoxy) is 1. The zero-order chi connectivity index (χ0) is 15.5. The first-order valence-corrected chi connectivity index (χ1v) is 8.41. The number of fused-ring (bicyclic) bond motifs is 1. The van der Waals surface area contributed by atoms with Gasteiger partial charge in [0.15, 0.2) is 0 Å². The molecule has 4 heteroatoms. The Morgan fingerprint density at radius 3 is 2.73 bits per heavy atom. The fourth-order valence-electron chi connectivity index (χ4n) is 4.12. The Bertz CT molecular complexity index is 544. The molecule has 0 aliphatic heterocycles. The molecule has 0 spiro atoms. The number of hydrogen-bond donors (Lipinski definition) is 2. The van der Waals surface area contributed by atoms with Gasteiger partial charge in [0.25, 0.3) is 0 Å². The van der Waals surface area contributed by atoms with Crippen molar-refractivity contribution in [3.8, 4) is 5.75 Å². The molecule has 3 unspecified atom stereocenters. The molecule has 0 radical (unpaired) electrons. The Labute approximate surface area is 132 Å². The van der Waals surface area contributed by atoms with Crippen LogP contribution in [0.1, 0.15) is 44.9 Å². The minimum Gasteiger partial charge on any atom is -0.497 e. The summed E-state index contributed by atoms with van der Waals surface area (Å²) in [7, 11) is 1.61. The van der Waals surface area contributed by atoms with Crippen LogP contribution in [0, 0.1) is 17.8 Å². The monoisotopic (exact) mass is 302 g/mol. The smallest absolute Gasteiger partial charge is 0.227 e. The molecule has 22 heavy (non-hydrogen) atoms. The minimum absolute atomic E-state index is 0.115. The first kappa shape index (κ1) is 15.2. The lowest BCUT2D eigenvalue weighted by molar-refractivity contribution is -0.122. The van der Waals surface area contributed by atoms with E-state index in [-0.39, 0.29) is 11.8 Å². The number of anilines is 2. The van der Waals surface area contributed by atoms with Gasteiger partial charge in [-0.2, -0.15) is 0 Å².